The lowest BCUT2D eigenvalue weighted by molar-refractivity contribution is 0.243. The summed E-state index contributed by atoms with van der Waals surface area (Å²) in [7, 11) is 0. The SMILES string of the molecule is CC(C)Oc1cccnc1NCC1CCSCC1. The summed E-state index contributed by atoms with van der Waals surface area (Å²) in [5.41, 5.74) is 0. The first-order valence-corrected chi connectivity index (χ1v) is 7.84. The molecule has 0 atom stereocenters. The van der Waals surface area contributed by atoms with Gasteiger partial charge in [0.15, 0.2) is 11.6 Å². The third-order valence-corrected chi connectivity index (χ3v) is 4.08. The number of thioether (sulfide) groups is 1. The van der Waals surface area contributed by atoms with Crippen molar-refractivity contribution in [1.29, 1.82) is 0 Å². The lowest BCUT2D eigenvalue weighted by atomic mass is 10.0. The Morgan fingerprint density at radius 1 is 1.44 bits per heavy atom. The molecule has 2 heterocycles. The van der Waals surface area contributed by atoms with Crippen LogP contribution in [0.2, 0.25) is 0 Å². The molecule has 1 aliphatic heterocycles. The highest BCUT2D eigenvalue weighted by atomic mass is 32.2. The highest BCUT2D eigenvalue weighted by Gasteiger charge is 2.14. The van der Waals surface area contributed by atoms with Gasteiger partial charge in [0.1, 0.15) is 0 Å². The van der Waals surface area contributed by atoms with E-state index in [9.17, 15) is 0 Å². The van der Waals surface area contributed by atoms with Crippen molar-refractivity contribution in [2.24, 2.45) is 5.92 Å². The minimum Gasteiger partial charge on any atom is -0.487 e. The number of anilines is 1. The molecule has 1 aromatic heterocycles. The Kier molecular flexibility index (Phi) is 5.17. The number of nitrogens with zero attached hydrogens (tertiary/aromatic N) is 1. The van der Waals surface area contributed by atoms with Crippen LogP contribution in [0.15, 0.2) is 18.3 Å². The number of hydrogen-bond donors (Lipinski definition) is 1. The van der Waals surface area contributed by atoms with Crippen LogP contribution < -0.4 is 10.1 Å². The molecule has 0 bridgehead atoms. The second kappa shape index (κ2) is 6.88. The molecule has 0 saturated carbocycles. The number of pyridine rings is 1. The molecular formula is C14H22N2OS. The maximum Gasteiger partial charge on any atom is 0.168 e. The van der Waals surface area contributed by atoms with E-state index in [4.69, 9.17) is 4.74 Å². The molecule has 0 spiro atoms. The van der Waals surface area contributed by atoms with Gasteiger partial charge >= 0.3 is 0 Å². The first-order valence-electron chi connectivity index (χ1n) is 6.69. The molecule has 0 radical (unpaired) electrons. The van der Waals surface area contributed by atoms with E-state index in [1.54, 1.807) is 0 Å². The van der Waals surface area contributed by atoms with Gasteiger partial charge in [-0.05, 0) is 56.2 Å². The normalized spacial score (nSPS) is 16.8. The number of nitrogens with one attached hydrogen (secondary N) is 1. The maximum absolute atomic E-state index is 5.76. The van der Waals surface area contributed by atoms with E-state index >= 15 is 0 Å². The van der Waals surface area contributed by atoms with Gasteiger partial charge in [-0.25, -0.2) is 4.98 Å². The Balaban J connectivity index is 1.91. The maximum atomic E-state index is 5.76. The smallest absolute Gasteiger partial charge is 0.168 e. The van der Waals surface area contributed by atoms with E-state index in [-0.39, 0.29) is 6.10 Å². The molecule has 18 heavy (non-hydrogen) atoms. The topological polar surface area (TPSA) is 34.1 Å². The fourth-order valence-corrected chi connectivity index (χ4v) is 3.27. The van der Waals surface area contributed by atoms with Crippen LogP contribution in [-0.4, -0.2) is 29.1 Å². The molecule has 0 aromatic carbocycles. The Bertz CT molecular complexity index is 365. The van der Waals surface area contributed by atoms with Crippen molar-refractivity contribution >= 4 is 17.6 Å². The number of hydrogen-bond acceptors (Lipinski definition) is 4. The Labute approximate surface area is 114 Å². The van der Waals surface area contributed by atoms with Gasteiger partial charge in [-0.1, -0.05) is 0 Å². The fourth-order valence-electron chi connectivity index (χ4n) is 2.06. The van der Waals surface area contributed by atoms with Crippen molar-refractivity contribution < 1.29 is 4.74 Å². The van der Waals surface area contributed by atoms with Gasteiger partial charge < -0.3 is 10.1 Å². The molecule has 4 heteroatoms. The summed E-state index contributed by atoms with van der Waals surface area (Å²) in [6, 6.07) is 3.90. The highest BCUT2D eigenvalue weighted by molar-refractivity contribution is 7.99. The van der Waals surface area contributed by atoms with E-state index in [0.717, 1.165) is 24.0 Å². The quantitative estimate of drug-likeness (QED) is 0.885. The molecule has 100 valence electrons. The van der Waals surface area contributed by atoms with Gasteiger partial charge in [0.05, 0.1) is 6.10 Å². The van der Waals surface area contributed by atoms with E-state index in [1.165, 1.54) is 24.3 Å². The van der Waals surface area contributed by atoms with Crippen LogP contribution in [0.25, 0.3) is 0 Å². The summed E-state index contributed by atoms with van der Waals surface area (Å²) < 4.78 is 5.76. The number of rotatable bonds is 5. The standard InChI is InChI=1S/C14H22N2OS/c1-11(2)17-13-4-3-7-15-14(13)16-10-12-5-8-18-9-6-12/h3-4,7,11-12H,5-6,8-10H2,1-2H3,(H,15,16). The minimum absolute atomic E-state index is 0.181. The second-order valence-electron chi connectivity index (χ2n) is 4.95. The van der Waals surface area contributed by atoms with Crippen molar-refractivity contribution in [3.05, 3.63) is 18.3 Å². The minimum atomic E-state index is 0.181. The summed E-state index contributed by atoms with van der Waals surface area (Å²) in [6.07, 6.45) is 4.61. The highest BCUT2D eigenvalue weighted by Crippen LogP contribution is 2.26. The van der Waals surface area contributed by atoms with Crippen LogP contribution in [0.4, 0.5) is 5.82 Å². The largest absolute Gasteiger partial charge is 0.487 e. The predicted molar refractivity (Wildman–Crippen MR) is 78.5 cm³/mol. The molecule has 0 amide bonds. The van der Waals surface area contributed by atoms with Gasteiger partial charge in [0.25, 0.3) is 0 Å². The Morgan fingerprint density at radius 2 is 2.22 bits per heavy atom. The van der Waals surface area contributed by atoms with Gasteiger partial charge in [0.2, 0.25) is 0 Å². The van der Waals surface area contributed by atoms with Crippen molar-refractivity contribution in [2.75, 3.05) is 23.4 Å². The molecule has 1 fully saturated rings. The summed E-state index contributed by atoms with van der Waals surface area (Å²) >= 11 is 2.06. The van der Waals surface area contributed by atoms with Gasteiger partial charge in [0, 0.05) is 12.7 Å². The Morgan fingerprint density at radius 3 is 2.94 bits per heavy atom. The first-order chi connectivity index (χ1) is 8.75. The molecular weight excluding hydrogens is 244 g/mol. The van der Waals surface area contributed by atoms with E-state index in [1.807, 2.05) is 32.2 Å². The average molecular weight is 266 g/mol. The fraction of sp³-hybridized carbons (Fsp3) is 0.643. The van der Waals surface area contributed by atoms with Gasteiger partial charge in [-0.3, -0.25) is 0 Å². The number of ether oxygens (including phenoxy) is 1. The lowest BCUT2D eigenvalue weighted by Gasteiger charge is -2.22. The first kappa shape index (κ1) is 13.5. The monoisotopic (exact) mass is 266 g/mol. The van der Waals surface area contributed by atoms with Crippen LogP contribution in [0.5, 0.6) is 5.75 Å². The van der Waals surface area contributed by atoms with E-state index in [0.29, 0.717) is 0 Å². The molecule has 1 N–H and O–H groups in total. The predicted octanol–water partition coefficient (Wildman–Crippen LogP) is 3.42. The van der Waals surface area contributed by atoms with Gasteiger partial charge in [-0.15, -0.1) is 0 Å². The van der Waals surface area contributed by atoms with Crippen molar-refractivity contribution in [2.45, 2.75) is 32.8 Å². The zero-order valence-electron chi connectivity index (χ0n) is 11.2. The Hall–Kier alpha value is -0.900. The zero-order chi connectivity index (χ0) is 12.8. The van der Waals surface area contributed by atoms with Crippen molar-refractivity contribution in [3.63, 3.8) is 0 Å². The zero-order valence-corrected chi connectivity index (χ0v) is 12.0. The second-order valence-corrected chi connectivity index (χ2v) is 6.18. The molecule has 0 aliphatic carbocycles. The van der Waals surface area contributed by atoms with Gasteiger partial charge in [-0.2, -0.15) is 11.8 Å². The van der Waals surface area contributed by atoms with E-state index < -0.39 is 0 Å². The number of aromatic nitrogens is 1. The molecule has 3 nitrogen and oxygen atoms in total. The molecule has 1 saturated heterocycles. The summed E-state index contributed by atoms with van der Waals surface area (Å²) in [5.74, 6) is 5.11. The van der Waals surface area contributed by atoms with Crippen LogP contribution >= 0.6 is 11.8 Å². The van der Waals surface area contributed by atoms with Crippen LogP contribution in [0.1, 0.15) is 26.7 Å². The summed E-state index contributed by atoms with van der Waals surface area (Å²) in [6.45, 7) is 5.08. The van der Waals surface area contributed by atoms with Crippen LogP contribution in [-0.2, 0) is 0 Å². The summed E-state index contributed by atoms with van der Waals surface area (Å²) in [5, 5.41) is 3.44. The molecule has 0 unspecified atom stereocenters. The van der Waals surface area contributed by atoms with E-state index in [2.05, 4.69) is 22.1 Å². The third kappa shape index (κ3) is 4.09. The van der Waals surface area contributed by atoms with Crippen molar-refractivity contribution in [3.8, 4) is 5.75 Å². The molecule has 1 aliphatic rings. The van der Waals surface area contributed by atoms with Crippen molar-refractivity contribution in [1.82, 2.24) is 4.98 Å². The molecule has 2 rings (SSSR count). The lowest BCUT2D eigenvalue weighted by Crippen LogP contribution is -2.20. The van der Waals surface area contributed by atoms with Crippen LogP contribution in [0, 0.1) is 5.92 Å². The van der Waals surface area contributed by atoms with Crippen LogP contribution in [0.3, 0.4) is 0 Å². The summed E-state index contributed by atoms with van der Waals surface area (Å²) in [4.78, 5) is 4.37. The third-order valence-electron chi connectivity index (χ3n) is 3.03. The molecule has 1 aromatic rings. The average Bonchev–Trinajstić information content (AvgIpc) is 2.38.